The quantitative estimate of drug-likeness (QED) is 0.836. The monoisotopic (exact) mass is 297 g/mol. The number of ether oxygens (including phenoxy) is 1. The first-order valence-corrected chi connectivity index (χ1v) is 7.80. The van der Waals surface area contributed by atoms with Crippen LogP contribution in [0.15, 0.2) is 16.3 Å². The highest BCUT2D eigenvalue weighted by Crippen LogP contribution is 2.28. The predicted molar refractivity (Wildman–Crippen MR) is 65.8 cm³/mol. The van der Waals surface area contributed by atoms with E-state index in [0.29, 0.717) is 4.88 Å². The van der Waals surface area contributed by atoms with Gasteiger partial charge in [-0.15, -0.1) is 11.3 Å². The summed E-state index contributed by atoms with van der Waals surface area (Å²) >= 11 is 1.03. The number of thiophene rings is 1. The standard InChI is InChI=1S/C9H12ClNO4S2/c1-6(11-8(12)5-15-2)7-3-4-9(16-7)17(10,13)14/h3-4,6H,5H2,1-2H3,(H,11,12). The van der Waals surface area contributed by atoms with E-state index in [1.165, 1.54) is 13.2 Å². The summed E-state index contributed by atoms with van der Waals surface area (Å²) in [4.78, 5) is 12.0. The molecule has 1 N–H and O–H groups in total. The van der Waals surface area contributed by atoms with Crippen LogP contribution in [0.1, 0.15) is 17.8 Å². The normalized spacial score (nSPS) is 13.4. The number of carbonyl (C=O) groups is 1. The Morgan fingerprint density at radius 3 is 2.71 bits per heavy atom. The zero-order chi connectivity index (χ0) is 13.1. The fraction of sp³-hybridized carbons (Fsp3) is 0.444. The molecule has 5 nitrogen and oxygen atoms in total. The molecule has 1 unspecified atom stereocenters. The molecule has 1 atom stereocenters. The Bertz CT molecular complexity index is 497. The van der Waals surface area contributed by atoms with Crippen molar-refractivity contribution in [1.29, 1.82) is 0 Å². The zero-order valence-electron chi connectivity index (χ0n) is 9.27. The van der Waals surface area contributed by atoms with Gasteiger partial charge in [-0.1, -0.05) is 0 Å². The van der Waals surface area contributed by atoms with Crippen LogP contribution in [-0.4, -0.2) is 28.0 Å². The van der Waals surface area contributed by atoms with E-state index >= 15 is 0 Å². The molecule has 0 aliphatic heterocycles. The fourth-order valence-electron chi connectivity index (χ4n) is 1.18. The van der Waals surface area contributed by atoms with Crippen LogP contribution in [0.2, 0.25) is 0 Å². The Morgan fingerprint density at radius 1 is 1.59 bits per heavy atom. The first-order valence-electron chi connectivity index (χ1n) is 4.67. The number of halogens is 1. The minimum atomic E-state index is -3.70. The largest absolute Gasteiger partial charge is 0.375 e. The van der Waals surface area contributed by atoms with Gasteiger partial charge in [-0.2, -0.15) is 0 Å². The zero-order valence-corrected chi connectivity index (χ0v) is 11.7. The van der Waals surface area contributed by atoms with Gasteiger partial charge in [0.05, 0.1) is 6.04 Å². The minimum absolute atomic E-state index is 0.0314. The van der Waals surface area contributed by atoms with Crippen molar-refractivity contribution in [2.45, 2.75) is 17.2 Å². The van der Waals surface area contributed by atoms with Gasteiger partial charge in [0, 0.05) is 22.7 Å². The molecule has 0 saturated carbocycles. The van der Waals surface area contributed by atoms with Gasteiger partial charge in [0.2, 0.25) is 5.91 Å². The summed E-state index contributed by atoms with van der Waals surface area (Å²) in [6.07, 6.45) is 0. The van der Waals surface area contributed by atoms with Crippen molar-refractivity contribution in [2.75, 3.05) is 13.7 Å². The highest BCUT2D eigenvalue weighted by molar-refractivity contribution is 8.15. The summed E-state index contributed by atoms with van der Waals surface area (Å²) in [5.41, 5.74) is 0. The van der Waals surface area contributed by atoms with E-state index in [-0.39, 0.29) is 22.8 Å². The number of hydrogen-bond donors (Lipinski definition) is 1. The van der Waals surface area contributed by atoms with Crippen LogP contribution in [-0.2, 0) is 18.6 Å². The van der Waals surface area contributed by atoms with Crippen LogP contribution in [0.5, 0.6) is 0 Å². The summed E-state index contributed by atoms with van der Waals surface area (Å²) < 4.78 is 26.9. The lowest BCUT2D eigenvalue weighted by Crippen LogP contribution is -2.29. The molecule has 0 aliphatic rings. The molecule has 0 aliphatic carbocycles. The number of carbonyl (C=O) groups excluding carboxylic acids is 1. The second-order valence-electron chi connectivity index (χ2n) is 3.32. The molecule has 0 aromatic carbocycles. The van der Waals surface area contributed by atoms with Crippen LogP contribution in [0.4, 0.5) is 0 Å². The fourth-order valence-corrected chi connectivity index (χ4v) is 3.28. The summed E-state index contributed by atoms with van der Waals surface area (Å²) in [5.74, 6) is -0.260. The van der Waals surface area contributed by atoms with Crippen LogP contribution in [0, 0.1) is 0 Å². The van der Waals surface area contributed by atoms with Crippen molar-refractivity contribution in [3.05, 3.63) is 17.0 Å². The van der Waals surface area contributed by atoms with Gasteiger partial charge in [-0.05, 0) is 19.1 Å². The van der Waals surface area contributed by atoms with Crippen molar-refractivity contribution in [3.8, 4) is 0 Å². The number of methoxy groups -OCH3 is 1. The lowest BCUT2D eigenvalue weighted by atomic mass is 10.3. The molecule has 17 heavy (non-hydrogen) atoms. The van der Waals surface area contributed by atoms with E-state index < -0.39 is 9.05 Å². The molecule has 8 heteroatoms. The SMILES string of the molecule is COCC(=O)NC(C)c1ccc(S(=O)(=O)Cl)s1. The van der Waals surface area contributed by atoms with Crippen molar-refractivity contribution in [3.63, 3.8) is 0 Å². The van der Waals surface area contributed by atoms with E-state index in [0.717, 1.165) is 11.3 Å². The maximum absolute atomic E-state index is 11.3. The van der Waals surface area contributed by atoms with E-state index in [1.54, 1.807) is 13.0 Å². The van der Waals surface area contributed by atoms with Gasteiger partial charge in [0.15, 0.2) is 0 Å². The predicted octanol–water partition coefficient (Wildman–Crippen LogP) is 1.50. The van der Waals surface area contributed by atoms with Crippen molar-refractivity contribution < 1.29 is 17.9 Å². The summed E-state index contributed by atoms with van der Waals surface area (Å²) in [7, 11) is 2.93. The van der Waals surface area contributed by atoms with E-state index in [4.69, 9.17) is 10.7 Å². The van der Waals surface area contributed by atoms with Gasteiger partial charge in [0.1, 0.15) is 10.8 Å². The molecule has 1 heterocycles. The Morgan fingerprint density at radius 2 is 2.24 bits per heavy atom. The third-order valence-corrected chi connectivity index (χ3v) is 5.28. The molecule has 0 bridgehead atoms. The Kier molecular flexibility index (Phi) is 4.93. The lowest BCUT2D eigenvalue weighted by Gasteiger charge is -2.11. The molecular formula is C9H12ClNO4S2. The van der Waals surface area contributed by atoms with Crippen LogP contribution < -0.4 is 5.32 Å². The molecule has 1 rings (SSSR count). The van der Waals surface area contributed by atoms with Crippen molar-refractivity contribution in [1.82, 2.24) is 5.32 Å². The number of amides is 1. The second-order valence-corrected chi connectivity index (χ2v) is 7.22. The Hall–Kier alpha value is -0.630. The lowest BCUT2D eigenvalue weighted by molar-refractivity contribution is -0.125. The van der Waals surface area contributed by atoms with Crippen LogP contribution >= 0.6 is 22.0 Å². The average molecular weight is 298 g/mol. The van der Waals surface area contributed by atoms with Gasteiger partial charge < -0.3 is 10.1 Å². The summed E-state index contributed by atoms with van der Waals surface area (Å²) in [6, 6.07) is 2.76. The highest BCUT2D eigenvalue weighted by Gasteiger charge is 2.17. The topological polar surface area (TPSA) is 72.5 Å². The van der Waals surface area contributed by atoms with Crippen LogP contribution in [0.25, 0.3) is 0 Å². The number of rotatable bonds is 5. The van der Waals surface area contributed by atoms with Gasteiger partial charge >= 0.3 is 0 Å². The number of nitrogens with one attached hydrogen (secondary N) is 1. The molecule has 1 aromatic heterocycles. The molecule has 0 saturated heterocycles. The average Bonchev–Trinajstić information content (AvgIpc) is 2.65. The molecule has 1 amide bonds. The molecule has 1 aromatic rings. The van der Waals surface area contributed by atoms with Gasteiger partial charge in [-0.3, -0.25) is 4.79 Å². The van der Waals surface area contributed by atoms with Gasteiger partial charge in [-0.25, -0.2) is 8.42 Å². The van der Waals surface area contributed by atoms with Crippen molar-refractivity contribution >= 4 is 37.0 Å². The second kappa shape index (κ2) is 5.81. The Balaban J connectivity index is 2.74. The van der Waals surface area contributed by atoms with Gasteiger partial charge in [0.25, 0.3) is 9.05 Å². The van der Waals surface area contributed by atoms with E-state index in [1.807, 2.05) is 0 Å². The first-order chi connectivity index (χ1) is 7.84. The smallest absolute Gasteiger partial charge is 0.270 e. The van der Waals surface area contributed by atoms with Crippen LogP contribution in [0.3, 0.4) is 0 Å². The van der Waals surface area contributed by atoms with E-state index in [9.17, 15) is 13.2 Å². The minimum Gasteiger partial charge on any atom is -0.375 e. The molecular weight excluding hydrogens is 286 g/mol. The molecule has 96 valence electrons. The highest BCUT2D eigenvalue weighted by atomic mass is 35.7. The maximum atomic E-state index is 11.3. The third-order valence-electron chi connectivity index (χ3n) is 1.92. The summed E-state index contributed by atoms with van der Waals surface area (Å²) in [5, 5.41) is 2.67. The third kappa shape index (κ3) is 4.27. The summed E-state index contributed by atoms with van der Waals surface area (Å²) in [6.45, 7) is 1.72. The van der Waals surface area contributed by atoms with Crippen molar-refractivity contribution in [2.24, 2.45) is 0 Å². The molecule has 0 radical (unpaired) electrons. The Labute approximate surface area is 108 Å². The van der Waals surface area contributed by atoms with E-state index in [2.05, 4.69) is 10.1 Å². The first kappa shape index (κ1) is 14.4. The molecule has 0 spiro atoms. The molecule has 0 fully saturated rings. The number of hydrogen-bond acceptors (Lipinski definition) is 5. The maximum Gasteiger partial charge on any atom is 0.270 e.